The van der Waals surface area contributed by atoms with Crippen molar-refractivity contribution in [1.29, 1.82) is 0 Å². The van der Waals surface area contributed by atoms with Crippen LogP contribution in [0.15, 0.2) is 36.3 Å². The van der Waals surface area contributed by atoms with Gasteiger partial charge in [0.15, 0.2) is 0 Å². The van der Waals surface area contributed by atoms with Crippen LogP contribution in [0, 0.1) is 0 Å². The molecular formula is C10H12O3. The molecule has 0 aliphatic rings. The van der Waals surface area contributed by atoms with Gasteiger partial charge in [-0.2, -0.15) is 0 Å². The summed E-state index contributed by atoms with van der Waals surface area (Å²) in [5.74, 6) is -0.242. The SMILES string of the molecule is COC(O)=C(CO)c1ccccc1. The fourth-order valence-electron chi connectivity index (χ4n) is 1.04. The van der Waals surface area contributed by atoms with E-state index in [0.29, 0.717) is 5.57 Å². The fraction of sp³-hybridized carbons (Fsp3) is 0.200. The number of methoxy groups -OCH3 is 1. The van der Waals surface area contributed by atoms with Crippen LogP contribution in [0.3, 0.4) is 0 Å². The molecule has 1 rings (SSSR count). The Balaban J connectivity index is 3.05. The third-order valence-electron chi connectivity index (χ3n) is 1.73. The van der Waals surface area contributed by atoms with Crippen molar-refractivity contribution in [3.05, 3.63) is 41.8 Å². The van der Waals surface area contributed by atoms with Gasteiger partial charge < -0.3 is 14.9 Å². The van der Waals surface area contributed by atoms with Crippen LogP contribution < -0.4 is 0 Å². The van der Waals surface area contributed by atoms with Gasteiger partial charge in [-0.3, -0.25) is 0 Å². The highest BCUT2D eigenvalue weighted by Crippen LogP contribution is 2.16. The van der Waals surface area contributed by atoms with Crippen LogP contribution in [0.25, 0.3) is 5.57 Å². The van der Waals surface area contributed by atoms with Gasteiger partial charge in [-0.25, -0.2) is 0 Å². The first-order valence-corrected chi connectivity index (χ1v) is 3.92. The van der Waals surface area contributed by atoms with E-state index in [1.54, 1.807) is 12.1 Å². The lowest BCUT2D eigenvalue weighted by Gasteiger charge is -2.06. The van der Waals surface area contributed by atoms with E-state index in [1.165, 1.54) is 7.11 Å². The Morgan fingerprint density at radius 3 is 2.38 bits per heavy atom. The summed E-state index contributed by atoms with van der Waals surface area (Å²) in [6.45, 7) is -0.246. The van der Waals surface area contributed by atoms with Crippen LogP contribution in [-0.4, -0.2) is 23.9 Å². The van der Waals surface area contributed by atoms with E-state index in [0.717, 1.165) is 5.56 Å². The molecule has 13 heavy (non-hydrogen) atoms. The first kappa shape index (κ1) is 9.61. The molecule has 0 bridgehead atoms. The zero-order valence-electron chi connectivity index (χ0n) is 7.40. The lowest BCUT2D eigenvalue weighted by atomic mass is 10.1. The van der Waals surface area contributed by atoms with Gasteiger partial charge in [-0.05, 0) is 5.56 Å². The van der Waals surface area contributed by atoms with Gasteiger partial charge in [-0.15, -0.1) is 0 Å². The Bertz CT molecular complexity index is 290. The molecule has 1 aromatic carbocycles. The van der Waals surface area contributed by atoms with E-state index in [4.69, 9.17) is 5.11 Å². The van der Waals surface area contributed by atoms with Crippen LogP contribution in [0.5, 0.6) is 0 Å². The van der Waals surface area contributed by atoms with Gasteiger partial charge in [-0.1, -0.05) is 30.3 Å². The van der Waals surface area contributed by atoms with Crippen molar-refractivity contribution in [2.24, 2.45) is 0 Å². The average Bonchev–Trinajstić information content (AvgIpc) is 2.20. The Hall–Kier alpha value is -1.48. The number of aliphatic hydroxyl groups is 2. The molecule has 0 spiro atoms. The number of ether oxygens (including phenoxy) is 1. The predicted molar refractivity (Wildman–Crippen MR) is 50.1 cm³/mol. The number of rotatable bonds is 3. The maximum Gasteiger partial charge on any atom is 0.282 e. The lowest BCUT2D eigenvalue weighted by molar-refractivity contribution is 0.135. The van der Waals surface area contributed by atoms with Crippen molar-refractivity contribution in [3.63, 3.8) is 0 Å². The molecular weight excluding hydrogens is 168 g/mol. The highest BCUT2D eigenvalue weighted by molar-refractivity contribution is 5.66. The second-order valence-electron chi connectivity index (χ2n) is 2.51. The van der Waals surface area contributed by atoms with E-state index < -0.39 is 0 Å². The number of benzene rings is 1. The summed E-state index contributed by atoms with van der Waals surface area (Å²) >= 11 is 0. The third kappa shape index (κ3) is 2.23. The second-order valence-corrected chi connectivity index (χ2v) is 2.51. The molecule has 0 saturated heterocycles. The van der Waals surface area contributed by atoms with Crippen molar-refractivity contribution in [1.82, 2.24) is 0 Å². The number of hydrogen-bond donors (Lipinski definition) is 2. The second kappa shape index (κ2) is 4.52. The largest absolute Gasteiger partial charge is 0.481 e. The summed E-state index contributed by atoms with van der Waals surface area (Å²) in [6, 6.07) is 9.10. The Kier molecular flexibility index (Phi) is 3.34. The molecule has 0 fully saturated rings. The Morgan fingerprint density at radius 2 is 1.92 bits per heavy atom. The monoisotopic (exact) mass is 180 g/mol. The predicted octanol–water partition coefficient (Wildman–Crippen LogP) is 1.55. The van der Waals surface area contributed by atoms with E-state index in [2.05, 4.69) is 4.74 Å². The molecule has 0 heterocycles. The molecule has 0 aliphatic heterocycles. The molecule has 2 N–H and O–H groups in total. The highest BCUT2D eigenvalue weighted by atomic mass is 16.6. The van der Waals surface area contributed by atoms with Gasteiger partial charge in [0.1, 0.15) is 0 Å². The smallest absolute Gasteiger partial charge is 0.282 e. The molecule has 0 amide bonds. The molecule has 0 unspecified atom stereocenters. The summed E-state index contributed by atoms with van der Waals surface area (Å²) in [7, 11) is 1.36. The molecule has 0 aliphatic carbocycles. The summed E-state index contributed by atoms with van der Waals surface area (Å²) in [5.41, 5.74) is 1.15. The van der Waals surface area contributed by atoms with Gasteiger partial charge in [0.05, 0.1) is 19.3 Å². The molecule has 0 saturated carbocycles. The van der Waals surface area contributed by atoms with Crippen LogP contribution >= 0.6 is 0 Å². The van der Waals surface area contributed by atoms with Crippen LogP contribution in [0.4, 0.5) is 0 Å². The minimum atomic E-state index is -0.246. The van der Waals surface area contributed by atoms with Crippen LogP contribution in [0.1, 0.15) is 5.56 Å². The van der Waals surface area contributed by atoms with Crippen LogP contribution in [-0.2, 0) is 4.74 Å². The quantitative estimate of drug-likeness (QED) is 0.694. The fourth-order valence-corrected chi connectivity index (χ4v) is 1.04. The minimum absolute atomic E-state index is 0.242. The first-order chi connectivity index (χ1) is 6.29. The number of hydrogen-bond acceptors (Lipinski definition) is 3. The summed E-state index contributed by atoms with van der Waals surface area (Å²) < 4.78 is 4.63. The summed E-state index contributed by atoms with van der Waals surface area (Å²) in [6.07, 6.45) is 0. The average molecular weight is 180 g/mol. The zero-order valence-corrected chi connectivity index (χ0v) is 7.40. The normalized spacial score (nSPS) is 12.2. The molecule has 3 heteroatoms. The third-order valence-corrected chi connectivity index (χ3v) is 1.73. The standard InChI is InChI=1S/C10H12O3/c1-13-10(12)9(7-11)8-5-3-2-4-6-8/h2-6,11-12H,7H2,1H3. The van der Waals surface area contributed by atoms with Crippen molar-refractivity contribution in [3.8, 4) is 0 Å². The molecule has 70 valence electrons. The van der Waals surface area contributed by atoms with Gasteiger partial charge in [0, 0.05) is 0 Å². The Morgan fingerprint density at radius 1 is 1.31 bits per heavy atom. The Labute approximate surface area is 76.9 Å². The van der Waals surface area contributed by atoms with E-state index in [-0.39, 0.29) is 12.6 Å². The number of aliphatic hydroxyl groups excluding tert-OH is 2. The zero-order chi connectivity index (χ0) is 9.68. The lowest BCUT2D eigenvalue weighted by Crippen LogP contribution is -1.97. The van der Waals surface area contributed by atoms with E-state index in [1.807, 2.05) is 18.2 Å². The van der Waals surface area contributed by atoms with E-state index >= 15 is 0 Å². The summed E-state index contributed by atoms with van der Waals surface area (Å²) in [5, 5.41) is 18.3. The van der Waals surface area contributed by atoms with Gasteiger partial charge >= 0.3 is 0 Å². The first-order valence-electron chi connectivity index (χ1n) is 3.92. The van der Waals surface area contributed by atoms with Crippen molar-refractivity contribution >= 4 is 5.57 Å². The highest BCUT2D eigenvalue weighted by Gasteiger charge is 2.06. The van der Waals surface area contributed by atoms with Crippen molar-refractivity contribution < 1.29 is 14.9 Å². The van der Waals surface area contributed by atoms with Crippen LogP contribution in [0.2, 0.25) is 0 Å². The molecule has 0 aromatic heterocycles. The summed E-state index contributed by atoms with van der Waals surface area (Å²) in [4.78, 5) is 0. The minimum Gasteiger partial charge on any atom is -0.481 e. The van der Waals surface area contributed by atoms with Crippen molar-refractivity contribution in [2.45, 2.75) is 0 Å². The van der Waals surface area contributed by atoms with E-state index in [9.17, 15) is 5.11 Å². The molecule has 0 atom stereocenters. The van der Waals surface area contributed by atoms with Gasteiger partial charge in [0.2, 0.25) is 0 Å². The maximum absolute atomic E-state index is 9.27. The maximum atomic E-state index is 9.27. The molecule has 1 aromatic rings. The molecule has 0 radical (unpaired) electrons. The van der Waals surface area contributed by atoms with Crippen molar-refractivity contribution in [2.75, 3.05) is 13.7 Å². The molecule has 3 nitrogen and oxygen atoms in total. The topological polar surface area (TPSA) is 49.7 Å². The van der Waals surface area contributed by atoms with Gasteiger partial charge in [0.25, 0.3) is 5.95 Å².